The smallest absolute Gasteiger partial charge is 0.407 e. The fourth-order valence-corrected chi connectivity index (χ4v) is 8.40. The molecule has 1 aliphatic heterocycles. The molecular formula is C36H50N6O8S2. The van der Waals surface area contributed by atoms with E-state index in [4.69, 9.17) is 4.74 Å². The topological polar surface area (TPSA) is 171 Å². The molecule has 0 unspecified atom stereocenters. The Bertz CT molecular complexity index is 1740. The van der Waals surface area contributed by atoms with Crippen LogP contribution in [0.3, 0.4) is 0 Å². The molecule has 16 heteroatoms. The number of thiazole rings is 1. The maximum Gasteiger partial charge on any atom is 0.407 e. The molecule has 1 saturated heterocycles. The summed E-state index contributed by atoms with van der Waals surface area (Å²) in [6, 6.07) is 13.4. The number of aromatic nitrogens is 1. The average Bonchev–Trinajstić information content (AvgIpc) is 3.72. The van der Waals surface area contributed by atoms with Crippen molar-refractivity contribution in [3.8, 4) is 5.75 Å². The van der Waals surface area contributed by atoms with Gasteiger partial charge in [0.2, 0.25) is 15.9 Å². The van der Waals surface area contributed by atoms with Gasteiger partial charge in [-0.25, -0.2) is 23.0 Å². The molecule has 3 N–H and O–H groups in total. The third-order valence-corrected chi connectivity index (χ3v) is 11.4. The Kier molecular flexibility index (Phi) is 14.4. The standard InChI is InChI=1S/C36H50N6O8S2/c1-24(2)20-41(52(47,48)29-14-12-28(49-5)13-15-29)22-31(43)30(18-26-10-8-7-9-11-26)39-34(44)33(25(3)4)42-17-16-40(36(42)46)21-27-23-51-32(38-27)19-37-35(45)50-6/h7-15,23-25,30-31,33,43H,16-22H2,1-6H3,(H,37,45)(H,39,44)/t30-,31+,33-/m0/s1. The van der Waals surface area contributed by atoms with E-state index in [9.17, 15) is 27.9 Å². The van der Waals surface area contributed by atoms with Crippen LogP contribution in [0.15, 0.2) is 64.9 Å². The van der Waals surface area contributed by atoms with Crippen molar-refractivity contribution in [3.63, 3.8) is 0 Å². The molecule has 2 aromatic carbocycles. The van der Waals surface area contributed by atoms with Crippen molar-refractivity contribution in [1.82, 2.24) is 29.7 Å². The first-order valence-electron chi connectivity index (χ1n) is 17.2. The van der Waals surface area contributed by atoms with Gasteiger partial charge < -0.3 is 35.0 Å². The molecule has 0 bridgehead atoms. The zero-order valence-corrected chi connectivity index (χ0v) is 32.2. The van der Waals surface area contributed by atoms with Gasteiger partial charge >= 0.3 is 12.1 Å². The van der Waals surface area contributed by atoms with Crippen LogP contribution >= 0.6 is 11.3 Å². The number of urea groups is 1. The number of methoxy groups -OCH3 is 2. The molecular weight excluding hydrogens is 709 g/mol. The van der Waals surface area contributed by atoms with Crippen molar-refractivity contribution >= 4 is 39.4 Å². The van der Waals surface area contributed by atoms with Crippen LogP contribution in [0.25, 0.3) is 0 Å². The van der Waals surface area contributed by atoms with Gasteiger partial charge in [0.15, 0.2) is 0 Å². The molecule has 0 radical (unpaired) electrons. The van der Waals surface area contributed by atoms with Gasteiger partial charge in [-0.05, 0) is 48.1 Å². The van der Waals surface area contributed by atoms with Crippen LogP contribution in [-0.2, 0) is 39.1 Å². The number of sulfonamides is 1. The first-order chi connectivity index (χ1) is 24.7. The van der Waals surface area contributed by atoms with E-state index < -0.39 is 40.2 Å². The number of aliphatic hydroxyl groups excluding tert-OH is 1. The Morgan fingerprint density at radius 1 is 1.02 bits per heavy atom. The van der Waals surface area contributed by atoms with Gasteiger partial charge in [-0.3, -0.25) is 4.79 Å². The lowest BCUT2D eigenvalue weighted by Gasteiger charge is -2.34. The summed E-state index contributed by atoms with van der Waals surface area (Å²) >= 11 is 1.36. The van der Waals surface area contributed by atoms with E-state index in [1.54, 1.807) is 17.0 Å². The number of rotatable bonds is 18. The van der Waals surface area contributed by atoms with Crippen LogP contribution in [-0.4, -0.2) is 109 Å². The number of hydrogen-bond acceptors (Lipinski definition) is 10. The van der Waals surface area contributed by atoms with Gasteiger partial charge in [0.1, 0.15) is 16.8 Å². The largest absolute Gasteiger partial charge is 0.497 e. The van der Waals surface area contributed by atoms with Crippen LogP contribution < -0.4 is 15.4 Å². The zero-order valence-electron chi connectivity index (χ0n) is 30.5. The molecule has 284 valence electrons. The second-order valence-electron chi connectivity index (χ2n) is 13.4. The fraction of sp³-hybridized carbons (Fsp3) is 0.500. The molecule has 2 heterocycles. The second-order valence-corrected chi connectivity index (χ2v) is 16.3. The number of alkyl carbamates (subject to hydrolysis) is 1. The molecule has 3 atom stereocenters. The van der Waals surface area contributed by atoms with Gasteiger partial charge in [0.25, 0.3) is 0 Å². The van der Waals surface area contributed by atoms with Gasteiger partial charge in [-0.15, -0.1) is 11.3 Å². The summed E-state index contributed by atoms with van der Waals surface area (Å²) in [5.41, 5.74) is 1.50. The van der Waals surface area contributed by atoms with E-state index in [1.165, 1.54) is 46.9 Å². The summed E-state index contributed by atoms with van der Waals surface area (Å²) in [6.07, 6.45) is -1.62. The van der Waals surface area contributed by atoms with Crippen molar-refractivity contribution in [2.24, 2.45) is 11.8 Å². The third-order valence-electron chi connectivity index (χ3n) is 8.63. The average molecular weight is 759 g/mol. The molecule has 4 rings (SSSR count). The minimum Gasteiger partial charge on any atom is -0.497 e. The Morgan fingerprint density at radius 3 is 2.33 bits per heavy atom. The predicted octanol–water partition coefficient (Wildman–Crippen LogP) is 3.71. The molecule has 1 aromatic heterocycles. The van der Waals surface area contributed by atoms with Crippen LogP contribution in [0, 0.1) is 11.8 Å². The van der Waals surface area contributed by atoms with Crippen LogP contribution in [0.2, 0.25) is 0 Å². The summed E-state index contributed by atoms with van der Waals surface area (Å²) in [7, 11) is -1.24. The number of amides is 4. The lowest BCUT2D eigenvalue weighted by molar-refractivity contribution is -0.128. The van der Waals surface area contributed by atoms with E-state index in [-0.39, 0.29) is 55.4 Å². The first kappa shape index (κ1) is 40.5. The molecule has 0 saturated carbocycles. The van der Waals surface area contributed by atoms with Gasteiger partial charge in [0, 0.05) is 31.6 Å². The van der Waals surface area contributed by atoms with Crippen LogP contribution in [0.5, 0.6) is 5.75 Å². The normalized spacial score (nSPS) is 15.2. The predicted molar refractivity (Wildman–Crippen MR) is 197 cm³/mol. The van der Waals surface area contributed by atoms with Crippen molar-refractivity contribution in [1.29, 1.82) is 0 Å². The maximum absolute atomic E-state index is 14.2. The SMILES string of the molecule is COC(=O)NCc1nc(CN2CCN([C@H](C(=O)N[C@@H](Cc3ccccc3)[C@H](O)CN(CC(C)C)S(=O)(=O)c3ccc(OC)cc3)C(C)C)C2=O)cs1. The number of benzene rings is 2. The number of nitrogens with one attached hydrogen (secondary N) is 2. The molecule has 0 spiro atoms. The van der Waals surface area contributed by atoms with Gasteiger partial charge in [-0.1, -0.05) is 58.0 Å². The van der Waals surface area contributed by atoms with Crippen molar-refractivity contribution in [2.45, 2.75) is 70.3 Å². The number of carbonyl (C=O) groups is 3. The molecule has 1 fully saturated rings. The highest BCUT2D eigenvalue weighted by Gasteiger charge is 2.40. The molecule has 0 aliphatic carbocycles. The number of hydrogen-bond donors (Lipinski definition) is 3. The lowest BCUT2D eigenvalue weighted by Crippen LogP contribution is -2.57. The minimum absolute atomic E-state index is 0.0516. The number of aliphatic hydroxyl groups is 1. The molecule has 14 nitrogen and oxygen atoms in total. The van der Waals surface area contributed by atoms with Crippen molar-refractivity contribution in [3.05, 3.63) is 76.2 Å². The number of carbonyl (C=O) groups excluding carboxylic acids is 3. The maximum atomic E-state index is 14.2. The van der Waals surface area contributed by atoms with Gasteiger partial charge in [0.05, 0.1) is 50.0 Å². The van der Waals surface area contributed by atoms with Gasteiger partial charge in [-0.2, -0.15) is 4.31 Å². The van der Waals surface area contributed by atoms with E-state index in [1.807, 2.05) is 63.4 Å². The van der Waals surface area contributed by atoms with Crippen LogP contribution in [0.4, 0.5) is 9.59 Å². The fourth-order valence-electron chi connectivity index (χ4n) is 6.06. The minimum atomic E-state index is -4.02. The molecule has 4 amide bonds. The van der Waals surface area contributed by atoms with Crippen LogP contribution in [0.1, 0.15) is 44.0 Å². The summed E-state index contributed by atoms with van der Waals surface area (Å²) in [5, 5.41) is 19.8. The Hall–Kier alpha value is -4.25. The Balaban J connectivity index is 1.52. The lowest BCUT2D eigenvalue weighted by atomic mass is 9.97. The summed E-state index contributed by atoms with van der Waals surface area (Å²) in [6.45, 7) is 8.51. The monoisotopic (exact) mass is 758 g/mol. The van der Waals surface area contributed by atoms with E-state index in [2.05, 4.69) is 20.4 Å². The molecule has 1 aliphatic rings. The summed E-state index contributed by atoms with van der Waals surface area (Å²) < 4.78 is 38.8. The molecule has 3 aromatic rings. The van der Waals surface area contributed by atoms with E-state index in [0.29, 0.717) is 29.5 Å². The highest BCUT2D eigenvalue weighted by atomic mass is 32.2. The highest BCUT2D eigenvalue weighted by Crippen LogP contribution is 2.24. The van der Waals surface area contributed by atoms with E-state index >= 15 is 0 Å². The number of nitrogens with zero attached hydrogens (tertiary/aromatic N) is 4. The summed E-state index contributed by atoms with van der Waals surface area (Å²) in [5.74, 6) is -0.254. The summed E-state index contributed by atoms with van der Waals surface area (Å²) in [4.78, 5) is 47.0. The Labute approximate surface area is 310 Å². The third kappa shape index (κ3) is 10.6. The van der Waals surface area contributed by atoms with Crippen molar-refractivity contribution in [2.75, 3.05) is 40.4 Å². The quantitative estimate of drug-likeness (QED) is 0.175. The highest BCUT2D eigenvalue weighted by molar-refractivity contribution is 7.89. The second kappa shape index (κ2) is 18.5. The first-order valence-corrected chi connectivity index (χ1v) is 19.5. The van der Waals surface area contributed by atoms with E-state index in [0.717, 1.165) is 5.56 Å². The number of ether oxygens (including phenoxy) is 2. The Morgan fingerprint density at radius 2 is 1.71 bits per heavy atom. The zero-order chi connectivity index (χ0) is 38.0. The van der Waals surface area contributed by atoms with Crippen molar-refractivity contribution < 1.29 is 37.4 Å². The molecule has 52 heavy (non-hydrogen) atoms.